The van der Waals surface area contributed by atoms with Gasteiger partial charge in [-0.25, -0.2) is 0 Å². The predicted molar refractivity (Wildman–Crippen MR) is 91.3 cm³/mol. The first-order valence-electron chi connectivity index (χ1n) is 6.87. The molecule has 9 heteroatoms. The van der Waals surface area contributed by atoms with Crippen molar-refractivity contribution in [2.24, 2.45) is 0 Å². The summed E-state index contributed by atoms with van der Waals surface area (Å²) in [6, 6.07) is 10.8. The Kier molecular flexibility index (Phi) is 6.13. The van der Waals surface area contributed by atoms with Crippen LogP contribution in [0.25, 0.3) is 0 Å². The summed E-state index contributed by atoms with van der Waals surface area (Å²) in [5.74, 6) is 0. The quantitative estimate of drug-likeness (QED) is 0.395. The summed E-state index contributed by atoms with van der Waals surface area (Å²) in [6.45, 7) is 1.83. The maximum atomic E-state index is 11.1. The van der Waals surface area contributed by atoms with Crippen molar-refractivity contribution in [1.29, 1.82) is 0 Å². The molecule has 0 aliphatic rings. The van der Waals surface area contributed by atoms with Gasteiger partial charge >= 0.3 is 0 Å². The van der Waals surface area contributed by atoms with E-state index in [0.717, 1.165) is 23.7 Å². The Balaban J connectivity index is 2.03. The first kappa shape index (κ1) is 18.2. The van der Waals surface area contributed by atoms with Crippen LogP contribution in [0.2, 0.25) is 5.02 Å². The van der Waals surface area contributed by atoms with Crippen molar-refractivity contribution in [3.05, 3.63) is 73.3 Å². The second kappa shape index (κ2) is 8.09. The molecule has 1 atom stereocenters. The van der Waals surface area contributed by atoms with E-state index in [1.807, 2.05) is 19.1 Å². The minimum Gasteiger partial charge on any atom is -0.307 e. The summed E-state index contributed by atoms with van der Waals surface area (Å²) >= 11 is 6.66. The molecule has 7 nitrogen and oxygen atoms in total. The Labute approximate surface area is 147 Å². The fourth-order valence-electron chi connectivity index (χ4n) is 1.95. The van der Waals surface area contributed by atoms with E-state index in [1.165, 1.54) is 12.1 Å². The monoisotopic (exact) mass is 368 g/mol. The topological polar surface area (TPSA) is 95.5 Å². The van der Waals surface area contributed by atoms with Gasteiger partial charge in [-0.05, 0) is 37.1 Å². The van der Waals surface area contributed by atoms with Crippen LogP contribution in [0, 0.1) is 20.2 Å². The summed E-state index contributed by atoms with van der Waals surface area (Å²) in [4.78, 5) is 20.7. The molecule has 0 radical (unpaired) electrons. The minimum atomic E-state index is -0.675. The molecule has 0 saturated carbocycles. The van der Waals surface area contributed by atoms with Crippen LogP contribution in [0.5, 0.6) is 0 Å². The van der Waals surface area contributed by atoms with Gasteiger partial charge in [-0.3, -0.25) is 20.2 Å². The van der Waals surface area contributed by atoms with E-state index in [1.54, 1.807) is 12.1 Å². The van der Waals surface area contributed by atoms with Crippen LogP contribution in [0.1, 0.15) is 12.5 Å². The molecule has 0 heterocycles. The zero-order chi connectivity index (χ0) is 17.7. The molecule has 126 valence electrons. The van der Waals surface area contributed by atoms with Crippen molar-refractivity contribution in [2.45, 2.75) is 24.3 Å². The lowest BCUT2D eigenvalue weighted by Crippen LogP contribution is -2.07. The third-order valence-corrected chi connectivity index (χ3v) is 4.29. The number of hydrogen-bond donors (Lipinski definition) is 0. The first-order valence-corrected chi connectivity index (χ1v) is 7.99. The lowest BCUT2D eigenvalue weighted by molar-refractivity contribution is -0.396. The van der Waals surface area contributed by atoms with Crippen LogP contribution < -0.4 is 0 Å². The van der Waals surface area contributed by atoms with E-state index in [9.17, 15) is 20.2 Å². The molecule has 0 aliphatic heterocycles. The van der Waals surface area contributed by atoms with Crippen LogP contribution >= 0.6 is 23.6 Å². The number of nitro benzene ring substituents is 2. The molecular formula is C15H13ClN2O5S. The number of nitrogens with zero attached hydrogens (tertiary/aromatic N) is 2. The van der Waals surface area contributed by atoms with Gasteiger partial charge in [0.15, 0.2) is 0 Å². The zero-order valence-corrected chi connectivity index (χ0v) is 14.1. The van der Waals surface area contributed by atoms with Gasteiger partial charge in [0.05, 0.1) is 22.0 Å². The maximum Gasteiger partial charge on any atom is 0.292 e. The van der Waals surface area contributed by atoms with Gasteiger partial charge in [0, 0.05) is 23.1 Å². The summed E-state index contributed by atoms with van der Waals surface area (Å²) in [6.07, 6.45) is 0.385. The summed E-state index contributed by atoms with van der Waals surface area (Å²) < 4.78 is 5.56. The van der Waals surface area contributed by atoms with Gasteiger partial charge in [-0.2, -0.15) is 0 Å². The molecule has 0 amide bonds. The third kappa shape index (κ3) is 4.92. The SMILES string of the molecule is C[C@@H](Cc1ccc(Cl)cc1)OSc1ccc([N+](=O)[O-])cc1[N+](=O)[O-]. The van der Waals surface area contributed by atoms with Gasteiger partial charge in [0.1, 0.15) is 4.90 Å². The van der Waals surface area contributed by atoms with Gasteiger partial charge in [0.2, 0.25) is 0 Å². The highest BCUT2D eigenvalue weighted by Gasteiger charge is 2.21. The van der Waals surface area contributed by atoms with Crippen LogP contribution in [-0.4, -0.2) is 16.0 Å². The predicted octanol–water partition coefficient (Wildman–Crippen LogP) is 4.81. The second-order valence-corrected chi connectivity index (χ2v) is 6.22. The normalized spacial score (nSPS) is 11.9. The summed E-state index contributed by atoms with van der Waals surface area (Å²) in [7, 11) is 0. The van der Waals surface area contributed by atoms with Crippen molar-refractivity contribution in [3.8, 4) is 0 Å². The van der Waals surface area contributed by atoms with E-state index in [4.69, 9.17) is 15.8 Å². The van der Waals surface area contributed by atoms with Crippen LogP contribution in [0.4, 0.5) is 11.4 Å². The number of non-ortho nitro benzene ring substituents is 1. The largest absolute Gasteiger partial charge is 0.307 e. The molecule has 0 unspecified atom stereocenters. The second-order valence-electron chi connectivity index (χ2n) is 4.99. The standard InChI is InChI=1S/C15H13ClN2O5S/c1-10(8-11-2-4-12(16)5-3-11)23-24-15-7-6-13(17(19)20)9-14(15)18(21)22/h2-7,9-10H,8H2,1H3/t10-/m0/s1. The molecule has 0 fully saturated rings. The third-order valence-electron chi connectivity index (χ3n) is 3.09. The van der Waals surface area contributed by atoms with Crippen molar-refractivity contribution in [3.63, 3.8) is 0 Å². The molecule has 0 aromatic heterocycles. The van der Waals surface area contributed by atoms with Gasteiger partial charge in [-0.1, -0.05) is 23.7 Å². The molecule has 2 rings (SSSR count). The molecule has 2 aromatic rings. The average molecular weight is 369 g/mol. The van der Waals surface area contributed by atoms with E-state index < -0.39 is 9.85 Å². The summed E-state index contributed by atoms with van der Waals surface area (Å²) in [5.41, 5.74) is 0.332. The highest BCUT2D eigenvalue weighted by molar-refractivity contribution is 7.94. The molecular weight excluding hydrogens is 356 g/mol. The first-order chi connectivity index (χ1) is 11.4. The highest BCUT2D eigenvalue weighted by atomic mass is 35.5. The number of halogens is 1. The van der Waals surface area contributed by atoms with E-state index >= 15 is 0 Å². The Morgan fingerprint density at radius 2 is 1.79 bits per heavy atom. The van der Waals surface area contributed by atoms with Crippen molar-refractivity contribution in [2.75, 3.05) is 0 Å². The number of rotatable bonds is 7. The van der Waals surface area contributed by atoms with Crippen molar-refractivity contribution < 1.29 is 14.0 Å². The number of nitro groups is 2. The van der Waals surface area contributed by atoms with E-state index in [2.05, 4.69) is 0 Å². The van der Waals surface area contributed by atoms with Gasteiger partial charge < -0.3 is 4.18 Å². The maximum absolute atomic E-state index is 11.1. The lowest BCUT2D eigenvalue weighted by atomic mass is 10.1. The van der Waals surface area contributed by atoms with Crippen LogP contribution in [0.15, 0.2) is 47.4 Å². The minimum absolute atomic E-state index is 0.216. The molecule has 0 spiro atoms. The van der Waals surface area contributed by atoms with Gasteiger partial charge in [-0.15, -0.1) is 0 Å². The lowest BCUT2D eigenvalue weighted by Gasteiger charge is -2.12. The Morgan fingerprint density at radius 3 is 2.38 bits per heavy atom. The Bertz CT molecular complexity index is 754. The van der Waals surface area contributed by atoms with Crippen LogP contribution in [-0.2, 0) is 10.6 Å². The fraction of sp³-hybridized carbons (Fsp3) is 0.200. The average Bonchev–Trinajstić information content (AvgIpc) is 2.54. The molecule has 0 bridgehead atoms. The van der Waals surface area contributed by atoms with Gasteiger partial charge in [0.25, 0.3) is 11.4 Å². The van der Waals surface area contributed by atoms with Crippen molar-refractivity contribution >= 4 is 35.0 Å². The molecule has 24 heavy (non-hydrogen) atoms. The number of benzene rings is 2. The molecule has 2 aromatic carbocycles. The molecule has 0 aliphatic carbocycles. The highest BCUT2D eigenvalue weighted by Crippen LogP contribution is 2.34. The zero-order valence-electron chi connectivity index (χ0n) is 12.5. The molecule has 0 saturated heterocycles. The Hall–Kier alpha value is -2.16. The van der Waals surface area contributed by atoms with E-state index in [0.29, 0.717) is 11.4 Å². The molecule has 0 N–H and O–H groups in total. The fourth-order valence-corrected chi connectivity index (χ4v) is 2.76. The smallest absolute Gasteiger partial charge is 0.292 e. The summed E-state index contributed by atoms with van der Waals surface area (Å²) in [5, 5.41) is 22.4. The number of hydrogen-bond acceptors (Lipinski definition) is 6. The van der Waals surface area contributed by atoms with Crippen molar-refractivity contribution in [1.82, 2.24) is 0 Å². The Morgan fingerprint density at radius 1 is 1.12 bits per heavy atom. The van der Waals surface area contributed by atoms with E-state index in [-0.39, 0.29) is 22.4 Å². The van der Waals surface area contributed by atoms with Crippen LogP contribution in [0.3, 0.4) is 0 Å².